The fourth-order valence-corrected chi connectivity index (χ4v) is 0.992. The summed E-state index contributed by atoms with van der Waals surface area (Å²) < 4.78 is 0. The molecular weight excluding hydrogens is 236 g/mol. The highest BCUT2D eigenvalue weighted by Gasteiger charge is 2.09. The highest BCUT2D eigenvalue weighted by atomic mass is 35.5. The van der Waals surface area contributed by atoms with Crippen LogP contribution in [-0.4, -0.2) is 27.1 Å². The molecule has 0 aliphatic heterocycles. The molecule has 0 saturated heterocycles. The highest BCUT2D eigenvalue weighted by Crippen LogP contribution is 2.12. The number of pyridine rings is 1. The third-order valence-electron chi connectivity index (χ3n) is 1.50. The standard InChI is InChI=1S/C9H7ClN2O4/c10-7-2-1-5(4-11-7)12-6(9(15)16)3-8(13)14/h1-4,12H,(H,13,14)(H,15,16). The average Bonchev–Trinajstić information content (AvgIpc) is 2.19. The molecule has 1 rings (SSSR count). The average molecular weight is 243 g/mol. The van der Waals surface area contributed by atoms with E-state index >= 15 is 0 Å². The number of nitrogens with one attached hydrogen (secondary N) is 1. The second kappa shape index (κ2) is 5.13. The van der Waals surface area contributed by atoms with Crippen molar-refractivity contribution < 1.29 is 19.8 Å². The van der Waals surface area contributed by atoms with Crippen LogP contribution in [0.5, 0.6) is 0 Å². The summed E-state index contributed by atoms with van der Waals surface area (Å²) in [6.07, 6.45) is 1.85. The van der Waals surface area contributed by atoms with Crippen molar-refractivity contribution in [2.24, 2.45) is 0 Å². The van der Waals surface area contributed by atoms with Gasteiger partial charge in [-0.05, 0) is 12.1 Å². The molecule has 0 aromatic carbocycles. The largest absolute Gasteiger partial charge is 0.478 e. The molecule has 0 spiro atoms. The molecule has 0 aliphatic rings. The van der Waals surface area contributed by atoms with Crippen LogP contribution in [0.2, 0.25) is 5.15 Å². The summed E-state index contributed by atoms with van der Waals surface area (Å²) in [4.78, 5) is 24.7. The number of halogens is 1. The van der Waals surface area contributed by atoms with E-state index in [0.717, 1.165) is 0 Å². The molecule has 84 valence electrons. The van der Waals surface area contributed by atoms with Crippen LogP contribution in [0.15, 0.2) is 30.1 Å². The molecule has 7 heteroatoms. The molecule has 0 amide bonds. The molecule has 0 bridgehead atoms. The van der Waals surface area contributed by atoms with Crippen molar-refractivity contribution >= 4 is 29.2 Å². The molecule has 1 aromatic rings. The summed E-state index contributed by atoms with van der Waals surface area (Å²) in [7, 11) is 0. The molecule has 16 heavy (non-hydrogen) atoms. The first-order valence-corrected chi connectivity index (χ1v) is 4.43. The quantitative estimate of drug-likeness (QED) is 0.542. The Labute approximate surface area is 95.2 Å². The highest BCUT2D eigenvalue weighted by molar-refractivity contribution is 6.29. The summed E-state index contributed by atoms with van der Waals surface area (Å²) in [6.45, 7) is 0. The first kappa shape index (κ1) is 12.0. The Bertz CT molecular complexity index is 441. The van der Waals surface area contributed by atoms with Crippen LogP contribution in [0, 0.1) is 0 Å². The number of rotatable bonds is 4. The molecule has 1 heterocycles. The zero-order chi connectivity index (χ0) is 12.1. The summed E-state index contributed by atoms with van der Waals surface area (Å²) >= 11 is 5.53. The number of anilines is 1. The van der Waals surface area contributed by atoms with Crippen LogP contribution in [0.25, 0.3) is 0 Å². The van der Waals surface area contributed by atoms with Crippen molar-refractivity contribution in [3.05, 3.63) is 35.3 Å². The zero-order valence-corrected chi connectivity index (χ0v) is 8.60. The minimum absolute atomic E-state index is 0.254. The Morgan fingerprint density at radius 3 is 2.50 bits per heavy atom. The number of hydrogen-bond acceptors (Lipinski definition) is 4. The summed E-state index contributed by atoms with van der Waals surface area (Å²) in [6, 6.07) is 2.93. The van der Waals surface area contributed by atoms with Gasteiger partial charge in [-0.25, -0.2) is 14.6 Å². The number of hydrogen-bond donors (Lipinski definition) is 3. The van der Waals surface area contributed by atoms with Crippen LogP contribution < -0.4 is 5.32 Å². The van der Waals surface area contributed by atoms with Gasteiger partial charge in [-0.15, -0.1) is 0 Å². The molecular formula is C9H7ClN2O4. The van der Waals surface area contributed by atoms with E-state index in [2.05, 4.69) is 10.3 Å². The SMILES string of the molecule is O=C(O)C=C(Nc1ccc(Cl)nc1)C(=O)O. The maximum absolute atomic E-state index is 10.7. The zero-order valence-electron chi connectivity index (χ0n) is 7.85. The first-order chi connectivity index (χ1) is 7.49. The third kappa shape index (κ3) is 3.58. The smallest absolute Gasteiger partial charge is 0.352 e. The van der Waals surface area contributed by atoms with Crippen LogP contribution >= 0.6 is 11.6 Å². The van der Waals surface area contributed by atoms with Gasteiger partial charge in [0.1, 0.15) is 10.9 Å². The number of aliphatic carboxylic acids is 2. The second-order valence-electron chi connectivity index (χ2n) is 2.70. The monoisotopic (exact) mass is 242 g/mol. The Morgan fingerprint density at radius 1 is 1.38 bits per heavy atom. The minimum Gasteiger partial charge on any atom is -0.478 e. The van der Waals surface area contributed by atoms with Crippen LogP contribution in [0.3, 0.4) is 0 Å². The van der Waals surface area contributed by atoms with Crippen molar-refractivity contribution in [1.82, 2.24) is 4.98 Å². The fraction of sp³-hybridized carbons (Fsp3) is 0. The van der Waals surface area contributed by atoms with E-state index in [1.165, 1.54) is 18.3 Å². The van der Waals surface area contributed by atoms with Gasteiger partial charge in [-0.2, -0.15) is 0 Å². The van der Waals surface area contributed by atoms with Gasteiger partial charge in [0.15, 0.2) is 0 Å². The third-order valence-corrected chi connectivity index (χ3v) is 1.73. The molecule has 0 saturated carbocycles. The normalized spacial score (nSPS) is 10.9. The molecule has 0 fully saturated rings. The van der Waals surface area contributed by atoms with Crippen LogP contribution in [0.4, 0.5) is 5.69 Å². The number of nitrogens with zero attached hydrogens (tertiary/aromatic N) is 1. The van der Waals surface area contributed by atoms with Crippen LogP contribution in [-0.2, 0) is 9.59 Å². The number of carbonyl (C=O) groups is 2. The molecule has 1 aromatic heterocycles. The van der Waals surface area contributed by atoms with Gasteiger partial charge in [-0.1, -0.05) is 11.6 Å². The molecule has 6 nitrogen and oxygen atoms in total. The Hall–Kier alpha value is -2.08. The van der Waals surface area contributed by atoms with E-state index in [1.807, 2.05) is 0 Å². The van der Waals surface area contributed by atoms with Gasteiger partial charge in [0, 0.05) is 0 Å². The van der Waals surface area contributed by atoms with E-state index in [0.29, 0.717) is 11.8 Å². The van der Waals surface area contributed by atoms with Gasteiger partial charge >= 0.3 is 11.9 Å². The van der Waals surface area contributed by atoms with Gasteiger partial charge < -0.3 is 15.5 Å². The number of aromatic nitrogens is 1. The van der Waals surface area contributed by atoms with Crippen molar-refractivity contribution in [3.8, 4) is 0 Å². The Morgan fingerprint density at radius 2 is 2.06 bits per heavy atom. The summed E-state index contributed by atoms with van der Waals surface area (Å²) in [5.74, 6) is -2.73. The van der Waals surface area contributed by atoms with Crippen molar-refractivity contribution in [2.45, 2.75) is 0 Å². The predicted molar refractivity (Wildman–Crippen MR) is 56.2 cm³/mol. The minimum atomic E-state index is -1.38. The van der Waals surface area contributed by atoms with Gasteiger partial charge in [0.2, 0.25) is 0 Å². The van der Waals surface area contributed by atoms with Gasteiger partial charge in [-0.3, -0.25) is 0 Å². The predicted octanol–water partition coefficient (Wildman–Crippen LogP) is 1.20. The Kier molecular flexibility index (Phi) is 3.84. The first-order valence-electron chi connectivity index (χ1n) is 4.05. The number of carboxylic acids is 2. The molecule has 0 aliphatic carbocycles. The van der Waals surface area contributed by atoms with E-state index in [9.17, 15) is 9.59 Å². The summed E-state index contributed by atoms with van der Waals surface area (Å²) in [5.41, 5.74) is -0.129. The lowest BCUT2D eigenvalue weighted by atomic mass is 10.3. The maximum atomic E-state index is 10.7. The molecule has 3 N–H and O–H groups in total. The van der Waals surface area contributed by atoms with Crippen molar-refractivity contribution in [1.29, 1.82) is 0 Å². The van der Waals surface area contributed by atoms with E-state index < -0.39 is 17.6 Å². The molecule has 0 unspecified atom stereocenters. The van der Waals surface area contributed by atoms with Crippen molar-refractivity contribution in [3.63, 3.8) is 0 Å². The Balaban J connectivity index is 2.88. The van der Waals surface area contributed by atoms with Gasteiger partial charge in [0.05, 0.1) is 18.0 Å². The van der Waals surface area contributed by atoms with Crippen LogP contribution in [0.1, 0.15) is 0 Å². The fourth-order valence-electron chi connectivity index (χ4n) is 0.880. The molecule has 0 radical (unpaired) electrons. The van der Waals surface area contributed by atoms with Crippen molar-refractivity contribution in [2.75, 3.05) is 5.32 Å². The molecule has 0 atom stereocenters. The lowest BCUT2D eigenvalue weighted by Crippen LogP contribution is -2.12. The lowest BCUT2D eigenvalue weighted by Gasteiger charge is -2.05. The maximum Gasteiger partial charge on any atom is 0.352 e. The lowest BCUT2D eigenvalue weighted by molar-refractivity contribution is -0.134. The summed E-state index contributed by atoms with van der Waals surface area (Å²) in [5, 5.41) is 19.8. The van der Waals surface area contributed by atoms with Gasteiger partial charge in [0.25, 0.3) is 0 Å². The van der Waals surface area contributed by atoms with E-state index in [4.69, 9.17) is 21.8 Å². The topological polar surface area (TPSA) is 99.5 Å². The van der Waals surface area contributed by atoms with E-state index in [1.54, 1.807) is 0 Å². The second-order valence-corrected chi connectivity index (χ2v) is 3.08. The number of carboxylic acid groups (broad SMARTS) is 2. The van der Waals surface area contributed by atoms with E-state index in [-0.39, 0.29) is 5.15 Å².